The topological polar surface area (TPSA) is 17.1 Å². The van der Waals surface area contributed by atoms with Crippen molar-refractivity contribution in [1.82, 2.24) is 0 Å². The maximum Gasteiger partial charge on any atom is 0.130 e. The number of hydrogen-bond donors (Lipinski definition) is 0. The van der Waals surface area contributed by atoms with E-state index in [9.17, 15) is 4.79 Å². The summed E-state index contributed by atoms with van der Waals surface area (Å²) < 4.78 is 0. The van der Waals surface area contributed by atoms with Crippen LogP contribution in [-0.2, 0) is 11.2 Å². The highest BCUT2D eigenvalue weighted by Crippen LogP contribution is 2.19. The second-order valence-electron chi connectivity index (χ2n) is 5.56. The second kappa shape index (κ2) is 6.04. The van der Waals surface area contributed by atoms with Crippen molar-refractivity contribution in [2.45, 2.75) is 45.9 Å². The summed E-state index contributed by atoms with van der Waals surface area (Å²) in [5.74, 6) is 1.19. The molecule has 1 atom stereocenters. The van der Waals surface area contributed by atoms with Gasteiger partial charge in [0.15, 0.2) is 0 Å². The first kappa shape index (κ1) is 14.0. The van der Waals surface area contributed by atoms with Gasteiger partial charge in [-0.25, -0.2) is 0 Å². The minimum absolute atomic E-state index is 0.125. The lowest BCUT2D eigenvalue weighted by molar-refractivity contribution is -0.121. The van der Waals surface area contributed by atoms with Crippen LogP contribution < -0.4 is 0 Å². The van der Waals surface area contributed by atoms with Crippen molar-refractivity contribution in [1.29, 1.82) is 0 Å². The number of hydrogen-bond acceptors (Lipinski definition) is 1. The minimum Gasteiger partial charge on any atom is -0.300 e. The summed E-state index contributed by atoms with van der Waals surface area (Å²) in [5.41, 5.74) is 2.62. The Labute approximate surface area is 106 Å². The zero-order valence-electron chi connectivity index (χ0n) is 11.7. The predicted octanol–water partition coefficient (Wildman–Crippen LogP) is 3.00. The zero-order valence-corrected chi connectivity index (χ0v) is 11.7. The maximum atomic E-state index is 11.8. The van der Waals surface area contributed by atoms with Crippen LogP contribution in [0.4, 0.5) is 0 Å². The third kappa shape index (κ3) is 4.03. The third-order valence-corrected chi connectivity index (χ3v) is 3.24. The van der Waals surface area contributed by atoms with Gasteiger partial charge in [0.05, 0.1) is 0 Å². The molecule has 2 heteroatoms. The van der Waals surface area contributed by atoms with E-state index in [0.29, 0.717) is 11.7 Å². The molecule has 92 valence electrons. The molecule has 0 radical (unpaired) electrons. The molecule has 1 unspecified atom stereocenters. The Kier molecular flexibility index (Phi) is 4.98. The number of carbonyl (C=O) groups excluding carboxylic acids is 1. The molecule has 17 heavy (non-hydrogen) atoms. The summed E-state index contributed by atoms with van der Waals surface area (Å²) in [7, 11) is 2.03. The van der Waals surface area contributed by atoms with Gasteiger partial charge in [0.25, 0.3) is 0 Å². The van der Waals surface area contributed by atoms with Crippen molar-refractivity contribution in [3.63, 3.8) is 0 Å². The molecular formula is C15H23BO. The Morgan fingerprint density at radius 2 is 1.65 bits per heavy atom. The summed E-state index contributed by atoms with van der Waals surface area (Å²) in [6, 6.07) is 8.65. The third-order valence-electron chi connectivity index (χ3n) is 3.24. The molecule has 1 aromatic rings. The lowest BCUT2D eigenvalue weighted by Gasteiger charge is -2.13. The van der Waals surface area contributed by atoms with Gasteiger partial charge in [0, 0.05) is 5.92 Å². The molecule has 1 rings (SSSR count). The quantitative estimate of drug-likeness (QED) is 0.710. The van der Waals surface area contributed by atoms with E-state index in [1.54, 1.807) is 0 Å². The van der Waals surface area contributed by atoms with Gasteiger partial charge in [-0.15, -0.1) is 0 Å². The van der Waals surface area contributed by atoms with E-state index in [0.717, 1.165) is 6.42 Å². The standard InChI is InChI=1S/C15H23BO/c1-10(2)13-7-5-12(6-8-13)9-14(16)15(17)11(3)4/h5-8,10-11,14H,9,16H2,1-4H3. The van der Waals surface area contributed by atoms with Gasteiger partial charge in [-0.3, -0.25) is 4.79 Å². The smallest absolute Gasteiger partial charge is 0.130 e. The van der Waals surface area contributed by atoms with E-state index in [4.69, 9.17) is 0 Å². The Morgan fingerprint density at radius 1 is 1.12 bits per heavy atom. The Bertz CT molecular complexity index is 365. The zero-order chi connectivity index (χ0) is 13.0. The first-order chi connectivity index (χ1) is 7.91. The monoisotopic (exact) mass is 230 g/mol. The number of rotatable bonds is 5. The van der Waals surface area contributed by atoms with E-state index in [-0.39, 0.29) is 11.7 Å². The van der Waals surface area contributed by atoms with Gasteiger partial charge in [-0.05, 0) is 29.3 Å². The van der Waals surface area contributed by atoms with Crippen molar-refractivity contribution in [2.24, 2.45) is 5.92 Å². The molecule has 1 nitrogen and oxygen atoms in total. The number of ketones is 1. The van der Waals surface area contributed by atoms with Crippen molar-refractivity contribution in [2.75, 3.05) is 0 Å². The molecule has 0 amide bonds. The summed E-state index contributed by atoms with van der Waals surface area (Å²) in [4.78, 5) is 11.8. The summed E-state index contributed by atoms with van der Waals surface area (Å²) in [5, 5.41) is 0. The van der Waals surface area contributed by atoms with Gasteiger partial charge in [-0.2, -0.15) is 0 Å². The Hall–Kier alpha value is -1.05. The van der Waals surface area contributed by atoms with Crippen LogP contribution in [0.5, 0.6) is 0 Å². The van der Waals surface area contributed by atoms with Gasteiger partial charge in [0.2, 0.25) is 0 Å². The molecule has 0 spiro atoms. The molecule has 0 saturated heterocycles. The van der Waals surface area contributed by atoms with E-state index >= 15 is 0 Å². The molecule has 0 aliphatic heterocycles. The van der Waals surface area contributed by atoms with Crippen LogP contribution in [0.25, 0.3) is 0 Å². The fourth-order valence-electron chi connectivity index (χ4n) is 2.06. The van der Waals surface area contributed by atoms with Crippen molar-refractivity contribution >= 4 is 13.6 Å². The predicted molar refractivity (Wildman–Crippen MR) is 76.4 cm³/mol. The molecule has 0 heterocycles. The minimum atomic E-state index is 0.125. The first-order valence-corrected chi connectivity index (χ1v) is 6.54. The summed E-state index contributed by atoms with van der Waals surface area (Å²) in [6.07, 6.45) is 0.857. The van der Waals surface area contributed by atoms with Gasteiger partial charge < -0.3 is 0 Å². The van der Waals surface area contributed by atoms with Gasteiger partial charge >= 0.3 is 0 Å². The molecule has 0 aromatic heterocycles. The molecular weight excluding hydrogens is 207 g/mol. The molecule has 0 aliphatic rings. The normalized spacial score (nSPS) is 13.1. The van der Waals surface area contributed by atoms with Crippen LogP contribution in [-0.4, -0.2) is 13.6 Å². The molecule has 0 fully saturated rings. The lowest BCUT2D eigenvalue weighted by Crippen LogP contribution is -2.16. The number of carbonyl (C=O) groups is 1. The van der Waals surface area contributed by atoms with Gasteiger partial charge in [-0.1, -0.05) is 52.0 Å². The maximum absolute atomic E-state index is 11.8. The molecule has 0 bridgehead atoms. The van der Waals surface area contributed by atoms with E-state index < -0.39 is 0 Å². The van der Waals surface area contributed by atoms with Crippen LogP contribution in [0.15, 0.2) is 24.3 Å². The van der Waals surface area contributed by atoms with Crippen molar-refractivity contribution < 1.29 is 4.79 Å². The lowest BCUT2D eigenvalue weighted by atomic mass is 9.75. The Balaban J connectivity index is 2.66. The van der Waals surface area contributed by atoms with Crippen LogP contribution in [0.2, 0.25) is 5.82 Å². The second-order valence-corrected chi connectivity index (χ2v) is 5.56. The van der Waals surface area contributed by atoms with Crippen LogP contribution in [0, 0.1) is 5.92 Å². The van der Waals surface area contributed by atoms with Crippen LogP contribution in [0.1, 0.15) is 44.7 Å². The van der Waals surface area contributed by atoms with Crippen LogP contribution in [0.3, 0.4) is 0 Å². The Morgan fingerprint density at radius 3 is 2.06 bits per heavy atom. The largest absolute Gasteiger partial charge is 0.300 e. The number of benzene rings is 1. The highest BCUT2D eigenvalue weighted by atomic mass is 16.1. The molecule has 0 aliphatic carbocycles. The highest BCUT2D eigenvalue weighted by Gasteiger charge is 2.16. The molecule has 0 saturated carbocycles. The van der Waals surface area contributed by atoms with Crippen LogP contribution >= 0.6 is 0 Å². The van der Waals surface area contributed by atoms with E-state index in [2.05, 4.69) is 38.1 Å². The average Bonchev–Trinajstić information content (AvgIpc) is 2.28. The molecule has 0 N–H and O–H groups in total. The summed E-state index contributed by atoms with van der Waals surface area (Å²) in [6.45, 7) is 8.33. The SMILES string of the molecule is BC(Cc1ccc(C(C)C)cc1)C(=O)C(C)C. The summed E-state index contributed by atoms with van der Waals surface area (Å²) >= 11 is 0. The fraction of sp³-hybridized carbons (Fsp3) is 0.533. The average molecular weight is 230 g/mol. The van der Waals surface area contributed by atoms with Crippen molar-refractivity contribution in [3.05, 3.63) is 35.4 Å². The molecule has 1 aromatic carbocycles. The van der Waals surface area contributed by atoms with E-state index in [1.807, 2.05) is 21.7 Å². The highest BCUT2D eigenvalue weighted by molar-refractivity contribution is 6.24. The number of Topliss-reactive ketones (excluding diaryl/α,β-unsaturated/α-hetero) is 1. The van der Waals surface area contributed by atoms with Crippen molar-refractivity contribution in [3.8, 4) is 0 Å². The fourth-order valence-corrected chi connectivity index (χ4v) is 2.06. The van der Waals surface area contributed by atoms with Gasteiger partial charge in [0.1, 0.15) is 13.6 Å². The van der Waals surface area contributed by atoms with E-state index in [1.165, 1.54) is 11.1 Å². The first-order valence-electron chi connectivity index (χ1n) is 6.54.